The molecule has 94 valence electrons. The Morgan fingerprint density at radius 3 is 3.06 bits per heavy atom. The molecule has 1 fully saturated rings. The molecule has 1 saturated carbocycles. The smallest absolute Gasteiger partial charge is 0.103 e. The fourth-order valence-corrected chi connectivity index (χ4v) is 2.18. The Bertz CT molecular complexity index is 380. The summed E-state index contributed by atoms with van der Waals surface area (Å²) in [6, 6.07) is 0. The number of nitrogens with zero attached hydrogens (tertiary/aromatic N) is 3. The van der Waals surface area contributed by atoms with Gasteiger partial charge in [0.25, 0.3) is 0 Å². The second-order valence-corrected chi connectivity index (χ2v) is 4.47. The van der Waals surface area contributed by atoms with Gasteiger partial charge in [0.15, 0.2) is 0 Å². The molecule has 5 heteroatoms. The van der Waals surface area contributed by atoms with Gasteiger partial charge in [-0.2, -0.15) is 5.10 Å². The number of amidine groups is 1. The van der Waals surface area contributed by atoms with Gasteiger partial charge < -0.3 is 10.5 Å². The van der Waals surface area contributed by atoms with E-state index in [2.05, 4.69) is 10.1 Å². The highest BCUT2D eigenvalue weighted by Gasteiger charge is 2.18. The Labute approximate surface area is 102 Å². The van der Waals surface area contributed by atoms with Crippen LogP contribution in [0.25, 0.3) is 0 Å². The van der Waals surface area contributed by atoms with Crippen LogP contribution in [0.15, 0.2) is 17.4 Å². The minimum atomic E-state index is 0.470. The van der Waals surface area contributed by atoms with E-state index in [0.29, 0.717) is 12.5 Å². The second kappa shape index (κ2) is 5.82. The summed E-state index contributed by atoms with van der Waals surface area (Å²) in [6.45, 7) is 1.40. The summed E-state index contributed by atoms with van der Waals surface area (Å²) in [6.07, 6.45) is 8.54. The molecule has 17 heavy (non-hydrogen) atoms. The van der Waals surface area contributed by atoms with Crippen molar-refractivity contribution >= 4 is 11.5 Å². The van der Waals surface area contributed by atoms with Gasteiger partial charge in [0.1, 0.15) is 11.5 Å². The third-order valence-electron chi connectivity index (χ3n) is 3.18. The van der Waals surface area contributed by atoms with Crippen molar-refractivity contribution in [1.29, 1.82) is 0 Å². The van der Waals surface area contributed by atoms with Crippen LogP contribution >= 0.6 is 0 Å². The summed E-state index contributed by atoms with van der Waals surface area (Å²) in [4.78, 5) is 4.44. The number of aromatic nitrogens is 2. The van der Waals surface area contributed by atoms with Gasteiger partial charge in [-0.25, -0.2) is 4.99 Å². The minimum Gasteiger partial charge on any atom is -0.387 e. The first-order valence-electron chi connectivity index (χ1n) is 6.15. The van der Waals surface area contributed by atoms with Crippen molar-refractivity contribution in [1.82, 2.24) is 9.78 Å². The molecule has 0 aliphatic heterocycles. The van der Waals surface area contributed by atoms with Crippen molar-refractivity contribution in [2.45, 2.75) is 32.2 Å². The van der Waals surface area contributed by atoms with Gasteiger partial charge in [-0.05, 0) is 12.8 Å². The van der Waals surface area contributed by atoms with Crippen LogP contribution in [0, 0.1) is 5.92 Å². The van der Waals surface area contributed by atoms with Gasteiger partial charge in [0.05, 0.1) is 25.5 Å². The molecule has 0 aromatic carbocycles. The van der Waals surface area contributed by atoms with Crippen LogP contribution in [0.2, 0.25) is 0 Å². The van der Waals surface area contributed by atoms with Gasteiger partial charge in [-0.3, -0.25) is 4.68 Å². The van der Waals surface area contributed by atoms with Crippen molar-refractivity contribution in [3.8, 4) is 0 Å². The number of ether oxygens (including phenoxy) is 1. The summed E-state index contributed by atoms with van der Waals surface area (Å²) in [5.41, 5.74) is 6.85. The molecule has 1 heterocycles. The van der Waals surface area contributed by atoms with E-state index in [9.17, 15) is 0 Å². The number of hydrogen-bond donors (Lipinski definition) is 1. The van der Waals surface area contributed by atoms with Crippen LogP contribution in [0.5, 0.6) is 0 Å². The number of methoxy groups -OCH3 is 1. The first-order valence-corrected chi connectivity index (χ1v) is 6.15. The van der Waals surface area contributed by atoms with Crippen LogP contribution in [0.3, 0.4) is 0 Å². The van der Waals surface area contributed by atoms with Gasteiger partial charge >= 0.3 is 0 Å². The molecule has 0 spiro atoms. The maximum Gasteiger partial charge on any atom is 0.103 e. The maximum absolute atomic E-state index is 6.01. The average molecular weight is 236 g/mol. The Balaban J connectivity index is 1.97. The van der Waals surface area contributed by atoms with Crippen LogP contribution in [-0.4, -0.2) is 29.3 Å². The van der Waals surface area contributed by atoms with Gasteiger partial charge in [-0.1, -0.05) is 12.8 Å². The zero-order chi connectivity index (χ0) is 12.1. The fourth-order valence-electron chi connectivity index (χ4n) is 2.18. The molecule has 0 unspecified atom stereocenters. The molecular formula is C12H20N4O. The first kappa shape index (κ1) is 12.1. The summed E-state index contributed by atoms with van der Waals surface area (Å²) >= 11 is 0. The van der Waals surface area contributed by atoms with E-state index in [0.717, 1.165) is 18.1 Å². The summed E-state index contributed by atoms with van der Waals surface area (Å²) < 4.78 is 6.82. The highest BCUT2D eigenvalue weighted by molar-refractivity contribution is 5.85. The van der Waals surface area contributed by atoms with E-state index >= 15 is 0 Å². The van der Waals surface area contributed by atoms with Crippen LogP contribution in [0.1, 0.15) is 25.7 Å². The lowest BCUT2D eigenvalue weighted by Crippen LogP contribution is -2.20. The molecule has 1 aliphatic carbocycles. The Hall–Kier alpha value is -1.36. The highest BCUT2D eigenvalue weighted by Crippen LogP contribution is 2.25. The Morgan fingerprint density at radius 1 is 1.59 bits per heavy atom. The normalized spacial score (nSPS) is 17.8. The highest BCUT2D eigenvalue weighted by atomic mass is 16.5. The monoisotopic (exact) mass is 236 g/mol. The van der Waals surface area contributed by atoms with E-state index in [1.54, 1.807) is 13.3 Å². The predicted molar refractivity (Wildman–Crippen MR) is 67.3 cm³/mol. The Morgan fingerprint density at radius 2 is 2.35 bits per heavy atom. The molecule has 1 aliphatic rings. The van der Waals surface area contributed by atoms with Crippen molar-refractivity contribution in [2.75, 3.05) is 13.7 Å². The number of rotatable bonds is 5. The summed E-state index contributed by atoms with van der Waals surface area (Å²) in [7, 11) is 1.68. The van der Waals surface area contributed by atoms with Gasteiger partial charge in [0.2, 0.25) is 0 Å². The Kier molecular flexibility index (Phi) is 4.14. The molecule has 2 rings (SSSR count). The lowest BCUT2D eigenvalue weighted by molar-refractivity contribution is 0.183. The van der Waals surface area contributed by atoms with Crippen LogP contribution in [0.4, 0.5) is 5.69 Å². The standard InChI is InChI=1S/C12H20N4O/c1-17-7-6-16-9-11(8-14-16)15-12(13)10-4-2-3-5-10/h8-10H,2-7H2,1H3,(H2,13,15). The third-order valence-corrected chi connectivity index (χ3v) is 3.18. The number of aliphatic imine (C=N–C) groups is 1. The molecule has 0 saturated heterocycles. The largest absolute Gasteiger partial charge is 0.387 e. The predicted octanol–water partition coefficient (Wildman–Crippen LogP) is 1.71. The molecule has 0 bridgehead atoms. The maximum atomic E-state index is 6.01. The van der Waals surface area contributed by atoms with Gasteiger partial charge in [-0.15, -0.1) is 0 Å². The zero-order valence-corrected chi connectivity index (χ0v) is 10.3. The molecule has 1 aromatic heterocycles. The van der Waals surface area contributed by atoms with E-state index in [-0.39, 0.29) is 0 Å². The molecule has 0 atom stereocenters. The van der Waals surface area contributed by atoms with E-state index in [1.807, 2.05) is 10.9 Å². The topological polar surface area (TPSA) is 65.4 Å². The SMILES string of the molecule is COCCn1cc(N=C(N)C2CCCC2)cn1. The average Bonchev–Trinajstić information content (AvgIpc) is 2.97. The van der Waals surface area contributed by atoms with Crippen molar-refractivity contribution < 1.29 is 4.74 Å². The third kappa shape index (κ3) is 3.30. The number of nitrogens with two attached hydrogens (primary N) is 1. The minimum absolute atomic E-state index is 0.470. The van der Waals surface area contributed by atoms with Gasteiger partial charge in [0, 0.05) is 13.0 Å². The second-order valence-electron chi connectivity index (χ2n) is 4.47. The van der Waals surface area contributed by atoms with Crippen LogP contribution < -0.4 is 5.73 Å². The lowest BCUT2D eigenvalue weighted by atomic mass is 10.1. The van der Waals surface area contributed by atoms with Crippen molar-refractivity contribution in [3.05, 3.63) is 12.4 Å². The molecular weight excluding hydrogens is 216 g/mol. The lowest BCUT2D eigenvalue weighted by Gasteiger charge is -2.06. The number of hydrogen-bond acceptors (Lipinski definition) is 3. The molecule has 2 N–H and O–H groups in total. The van der Waals surface area contributed by atoms with E-state index in [1.165, 1.54) is 25.7 Å². The van der Waals surface area contributed by atoms with Crippen molar-refractivity contribution in [2.24, 2.45) is 16.6 Å². The molecule has 5 nitrogen and oxygen atoms in total. The molecule has 0 amide bonds. The first-order chi connectivity index (χ1) is 8.29. The van der Waals surface area contributed by atoms with Crippen molar-refractivity contribution in [3.63, 3.8) is 0 Å². The summed E-state index contributed by atoms with van der Waals surface area (Å²) in [5.74, 6) is 1.23. The zero-order valence-electron chi connectivity index (χ0n) is 10.3. The molecule has 1 aromatic rings. The van der Waals surface area contributed by atoms with E-state index in [4.69, 9.17) is 10.5 Å². The summed E-state index contributed by atoms with van der Waals surface area (Å²) in [5, 5.41) is 4.21. The van der Waals surface area contributed by atoms with E-state index < -0.39 is 0 Å². The molecule has 0 radical (unpaired) electrons. The quantitative estimate of drug-likeness (QED) is 0.625. The van der Waals surface area contributed by atoms with Crippen LogP contribution in [-0.2, 0) is 11.3 Å². The fraction of sp³-hybridized carbons (Fsp3) is 0.667.